The van der Waals surface area contributed by atoms with Crippen molar-refractivity contribution in [2.24, 2.45) is 0 Å². The zero-order chi connectivity index (χ0) is 25.9. The molecule has 0 radical (unpaired) electrons. The van der Waals surface area contributed by atoms with Crippen LogP contribution >= 0.6 is 0 Å². The number of halogens is 1. The number of hydrogen-bond acceptors (Lipinski definition) is 3. The molecule has 0 aliphatic carbocycles. The van der Waals surface area contributed by atoms with Gasteiger partial charge in [0, 0.05) is 16.9 Å². The second kappa shape index (κ2) is 10.8. The van der Waals surface area contributed by atoms with Crippen molar-refractivity contribution in [1.82, 2.24) is 0 Å². The first kappa shape index (κ1) is 25.0. The number of esters is 1. The predicted molar refractivity (Wildman–Crippen MR) is 146 cm³/mol. The summed E-state index contributed by atoms with van der Waals surface area (Å²) < 4.78 is 25.7. The largest absolute Gasteiger partial charge is 0.490 e. The van der Waals surface area contributed by atoms with Crippen LogP contribution in [-0.2, 0) is 4.74 Å². The van der Waals surface area contributed by atoms with Gasteiger partial charge in [0.15, 0.2) is 0 Å². The molecule has 4 aromatic rings. The van der Waals surface area contributed by atoms with E-state index in [1.54, 1.807) is 6.07 Å². The fraction of sp³-hybridized carbons (Fsp3) is 0.303. The summed E-state index contributed by atoms with van der Waals surface area (Å²) in [5.74, 6) is 0.910. The predicted octanol–water partition coefficient (Wildman–Crippen LogP) is 8.33. The summed E-state index contributed by atoms with van der Waals surface area (Å²) in [5, 5.41) is 1.69. The highest BCUT2D eigenvalue weighted by Gasteiger charge is 2.30. The minimum absolute atomic E-state index is 0.0833. The van der Waals surface area contributed by atoms with Crippen LogP contribution in [-0.4, -0.2) is 19.2 Å². The third-order valence-corrected chi connectivity index (χ3v) is 7.75. The van der Waals surface area contributed by atoms with Crippen molar-refractivity contribution in [3.8, 4) is 5.75 Å². The Balaban J connectivity index is 1.32. The summed E-state index contributed by atoms with van der Waals surface area (Å²) >= 11 is 0. The molecule has 0 unspecified atom stereocenters. The number of rotatable bonds is 7. The maximum absolute atomic E-state index is 14.3. The normalized spacial score (nSPS) is 17.6. The number of carbonyl (C=O) groups is 1. The maximum Gasteiger partial charge on any atom is 0.338 e. The quantitative estimate of drug-likeness (QED) is 0.241. The highest BCUT2D eigenvalue weighted by Crippen LogP contribution is 2.42. The lowest BCUT2D eigenvalue weighted by Gasteiger charge is -2.33. The fourth-order valence-electron chi connectivity index (χ4n) is 5.69. The Kier molecular flexibility index (Phi) is 7.27. The number of benzene rings is 4. The Bertz CT molecular complexity index is 1430. The number of methoxy groups -OCH3 is 1. The Morgan fingerprint density at radius 3 is 2.59 bits per heavy atom. The number of aryl methyl sites for hydroxylation is 1. The molecule has 3 nitrogen and oxygen atoms in total. The first-order chi connectivity index (χ1) is 18.0. The van der Waals surface area contributed by atoms with Gasteiger partial charge >= 0.3 is 5.97 Å². The molecule has 5 rings (SSSR count). The Labute approximate surface area is 218 Å². The van der Waals surface area contributed by atoms with Crippen molar-refractivity contribution in [1.29, 1.82) is 0 Å². The monoisotopic (exact) mass is 496 g/mol. The molecule has 1 aliphatic heterocycles. The van der Waals surface area contributed by atoms with E-state index in [2.05, 4.69) is 19.1 Å². The van der Waals surface area contributed by atoms with Gasteiger partial charge in [-0.25, -0.2) is 9.18 Å². The number of fused-ring (bicyclic) bond motifs is 2. The third-order valence-electron chi connectivity index (χ3n) is 7.75. The molecule has 4 aromatic carbocycles. The van der Waals surface area contributed by atoms with Crippen LogP contribution in [0, 0.1) is 12.7 Å². The van der Waals surface area contributed by atoms with Gasteiger partial charge in [-0.05, 0) is 78.8 Å². The van der Waals surface area contributed by atoms with Crippen molar-refractivity contribution in [3.05, 3.63) is 112 Å². The highest BCUT2D eigenvalue weighted by molar-refractivity contribution is 5.91. The van der Waals surface area contributed by atoms with Gasteiger partial charge in [0.25, 0.3) is 0 Å². The summed E-state index contributed by atoms with van der Waals surface area (Å²) in [7, 11) is 1.42. The van der Waals surface area contributed by atoms with Gasteiger partial charge in [-0.15, -0.1) is 0 Å². The van der Waals surface area contributed by atoms with E-state index in [4.69, 9.17) is 9.47 Å². The molecule has 0 bridgehead atoms. The van der Waals surface area contributed by atoms with E-state index in [1.807, 2.05) is 67.6 Å². The first-order valence-corrected chi connectivity index (χ1v) is 13.1. The second-order valence-corrected chi connectivity index (χ2v) is 10.1. The zero-order valence-electron chi connectivity index (χ0n) is 21.7. The van der Waals surface area contributed by atoms with Crippen LogP contribution in [0.25, 0.3) is 10.8 Å². The lowest BCUT2D eigenvalue weighted by Crippen LogP contribution is -2.26. The third kappa shape index (κ3) is 5.11. The molecular formula is C33H33FO3. The number of carbonyl (C=O) groups excluding carboxylic acids is 1. The molecule has 0 N–H and O–H groups in total. The van der Waals surface area contributed by atoms with Crippen LogP contribution in [0.1, 0.15) is 77.1 Å². The van der Waals surface area contributed by atoms with Crippen molar-refractivity contribution >= 4 is 16.7 Å². The molecule has 37 heavy (non-hydrogen) atoms. The van der Waals surface area contributed by atoms with E-state index in [1.165, 1.54) is 12.7 Å². The summed E-state index contributed by atoms with van der Waals surface area (Å²) in [5.41, 5.74) is 4.98. The van der Waals surface area contributed by atoms with Crippen molar-refractivity contribution < 1.29 is 18.7 Å². The highest BCUT2D eigenvalue weighted by atomic mass is 19.1. The molecule has 1 heterocycles. The molecule has 1 aliphatic rings. The van der Waals surface area contributed by atoms with E-state index in [-0.39, 0.29) is 23.8 Å². The minimum Gasteiger partial charge on any atom is -0.490 e. The standard InChI is InChI=1S/C33H33FO3/c1-21(25-17-18-31(34)27-12-5-4-11-26(25)27)9-8-10-24-20-30(28-13-6-7-14-32(28)37-24)23-16-15-22(2)29(19-23)33(35)36-3/h4-7,11-19,21,24,30H,8-10,20H2,1-3H3/t21-,24-,30-/m0/s1. The van der Waals surface area contributed by atoms with Crippen LogP contribution in [0.5, 0.6) is 5.75 Å². The summed E-state index contributed by atoms with van der Waals surface area (Å²) in [6.45, 7) is 4.16. The lowest BCUT2D eigenvalue weighted by molar-refractivity contribution is 0.0599. The number of hydrogen-bond donors (Lipinski definition) is 0. The smallest absolute Gasteiger partial charge is 0.338 e. The van der Waals surface area contributed by atoms with Crippen LogP contribution < -0.4 is 4.74 Å². The molecule has 3 atom stereocenters. The first-order valence-electron chi connectivity index (χ1n) is 13.1. The summed E-state index contributed by atoms with van der Waals surface area (Å²) in [6.07, 6.45) is 3.88. The van der Waals surface area contributed by atoms with Gasteiger partial charge in [0.05, 0.1) is 18.8 Å². The average molecular weight is 497 g/mol. The topological polar surface area (TPSA) is 35.5 Å². The van der Waals surface area contributed by atoms with Gasteiger partial charge in [0.2, 0.25) is 0 Å². The van der Waals surface area contributed by atoms with E-state index in [9.17, 15) is 9.18 Å². The molecule has 0 saturated heterocycles. The van der Waals surface area contributed by atoms with Crippen molar-refractivity contribution in [2.45, 2.75) is 57.5 Å². The zero-order valence-corrected chi connectivity index (χ0v) is 21.7. The molecular weight excluding hydrogens is 463 g/mol. The Morgan fingerprint density at radius 2 is 1.78 bits per heavy atom. The van der Waals surface area contributed by atoms with E-state index in [0.29, 0.717) is 16.9 Å². The molecule has 0 fully saturated rings. The summed E-state index contributed by atoms with van der Waals surface area (Å²) in [4.78, 5) is 12.3. The Morgan fingerprint density at radius 1 is 1.03 bits per heavy atom. The molecule has 0 saturated carbocycles. The van der Waals surface area contributed by atoms with Gasteiger partial charge in [-0.3, -0.25) is 0 Å². The van der Waals surface area contributed by atoms with E-state index < -0.39 is 0 Å². The van der Waals surface area contributed by atoms with E-state index >= 15 is 0 Å². The van der Waals surface area contributed by atoms with Crippen LogP contribution in [0.2, 0.25) is 0 Å². The number of para-hydroxylation sites is 1. The van der Waals surface area contributed by atoms with E-state index in [0.717, 1.165) is 53.5 Å². The molecule has 0 amide bonds. The molecule has 0 spiro atoms. The molecule has 4 heteroatoms. The Hall–Kier alpha value is -3.66. The van der Waals surface area contributed by atoms with Crippen LogP contribution in [0.4, 0.5) is 4.39 Å². The SMILES string of the molecule is COC(=O)c1cc([C@@H]2C[C@H](CCC[C@H](C)c3ccc(F)c4ccccc34)Oc3ccccc32)ccc1C. The lowest BCUT2D eigenvalue weighted by atomic mass is 9.82. The number of ether oxygens (including phenoxy) is 2. The van der Waals surface area contributed by atoms with Crippen molar-refractivity contribution in [2.75, 3.05) is 7.11 Å². The molecule has 190 valence electrons. The van der Waals surface area contributed by atoms with Crippen LogP contribution in [0.3, 0.4) is 0 Å². The van der Waals surface area contributed by atoms with Crippen LogP contribution in [0.15, 0.2) is 78.9 Å². The molecule has 0 aromatic heterocycles. The fourth-order valence-corrected chi connectivity index (χ4v) is 5.69. The van der Waals surface area contributed by atoms with Gasteiger partial charge in [0.1, 0.15) is 11.6 Å². The second-order valence-electron chi connectivity index (χ2n) is 10.1. The van der Waals surface area contributed by atoms with Gasteiger partial charge in [-0.2, -0.15) is 0 Å². The minimum atomic E-state index is -0.307. The average Bonchev–Trinajstić information content (AvgIpc) is 2.93. The maximum atomic E-state index is 14.3. The van der Waals surface area contributed by atoms with Gasteiger partial charge < -0.3 is 9.47 Å². The summed E-state index contributed by atoms with van der Waals surface area (Å²) in [6, 6.07) is 25.6. The van der Waals surface area contributed by atoms with Crippen molar-refractivity contribution in [3.63, 3.8) is 0 Å². The van der Waals surface area contributed by atoms with Gasteiger partial charge in [-0.1, -0.05) is 67.6 Å².